The number of morpholine rings is 1. The third-order valence-electron chi connectivity index (χ3n) is 2.23. The summed E-state index contributed by atoms with van der Waals surface area (Å²) in [4.78, 5) is 0. The van der Waals surface area contributed by atoms with E-state index in [1.807, 2.05) is 0 Å². The number of halogens is 3. The first-order valence-electron chi connectivity index (χ1n) is 4.54. The van der Waals surface area contributed by atoms with Gasteiger partial charge in [0.1, 0.15) is 5.82 Å². The number of ether oxygens (including phenoxy) is 1. The van der Waals surface area contributed by atoms with E-state index in [1.54, 1.807) is 12.1 Å². The van der Waals surface area contributed by atoms with Crippen LogP contribution in [0.15, 0.2) is 22.7 Å². The van der Waals surface area contributed by atoms with E-state index in [0.717, 1.165) is 11.0 Å². The van der Waals surface area contributed by atoms with Crippen molar-refractivity contribution in [2.24, 2.45) is 0 Å². The van der Waals surface area contributed by atoms with Crippen LogP contribution >= 0.6 is 28.3 Å². The molecule has 0 saturated carbocycles. The van der Waals surface area contributed by atoms with Crippen LogP contribution in [0.4, 0.5) is 4.39 Å². The van der Waals surface area contributed by atoms with Gasteiger partial charge < -0.3 is 10.1 Å². The monoisotopic (exact) mass is 295 g/mol. The summed E-state index contributed by atoms with van der Waals surface area (Å²) in [6.07, 6.45) is -0.166. The fourth-order valence-corrected chi connectivity index (χ4v) is 1.91. The van der Waals surface area contributed by atoms with Crippen molar-refractivity contribution in [2.45, 2.75) is 6.10 Å². The summed E-state index contributed by atoms with van der Waals surface area (Å²) in [6.45, 7) is 2.15. The number of hydrogen-bond donors (Lipinski definition) is 1. The minimum atomic E-state index is -0.207. The van der Waals surface area contributed by atoms with Gasteiger partial charge in [0.25, 0.3) is 0 Å². The molecule has 1 fully saturated rings. The molecule has 2 nitrogen and oxygen atoms in total. The molecule has 1 saturated heterocycles. The molecule has 0 aromatic heterocycles. The fraction of sp³-hybridized carbons (Fsp3) is 0.400. The van der Waals surface area contributed by atoms with Crippen molar-refractivity contribution in [1.82, 2.24) is 5.32 Å². The maximum atomic E-state index is 13.4. The van der Waals surface area contributed by atoms with Gasteiger partial charge in [-0.2, -0.15) is 0 Å². The Kier molecular flexibility index (Phi) is 4.99. The molecular weight excluding hydrogens is 284 g/mol. The maximum absolute atomic E-state index is 13.4. The Morgan fingerprint density at radius 3 is 2.93 bits per heavy atom. The van der Waals surface area contributed by atoms with Crippen LogP contribution in [0, 0.1) is 5.82 Å². The third kappa shape index (κ3) is 3.14. The summed E-state index contributed by atoms with van der Waals surface area (Å²) < 4.78 is 19.8. The van der Waals surface area contributed by atoms with E-state index < -0.39 is 0 Å². The molecular formula is C10H12BrClFNO. The van der Waals surface area contributed by atoms with E-state index >= 15 is 0 Å². The minimum Gasteiger partial charge on any atom is -0.371 e. The first kappa shape index (κ1) is 12.9. The van der Waals surface area contributed by atoms with Gasteiger partial charge in [-0.3, -0.25) is 0 Å². The molecule has 0 amide bonds. The molecule has 1 heterocycles. The number of benzene rings is 1. The van der Waals surface area contributed by atoms with Gasteiger partial charge in [-0.1, -0.05) is 15.9 Å². The average Bonchev–Trinajstić information content (AvgIpc) is 2.23. The van der Waals surface area contributed by atoms with Gasteiger partial charge in [-0.05, 0) is 18.2 Å². The molecule has 1 aliphatic heterocycles. The molecule has 1 aromatic rings. The van der Waals surface area contributed by atoms with Gasteiger partial charge in [-0.15, -0.1) is 12.4 Å². The van der Waals surface area contributed by atoms with Gasteiger partial charge in [0.2, 0.25) is 0 Å². The van der Waals surface area contributed by atoms with Crippen molar-refractivity contribution >= 4 is 28.3 Å². The smallest absolute Gasteiger partial charge is 0.129 e. The van der Waals surface area contributed by atoms with E-state index in [1.165, 1.54) is 6.07 Å². The lowest BCUT2D eigenvalue weighted by atomic mass is 10.1. The van der Waals surface area contributed by atoms with Crippen molar-refractivity contribution in [1.29, 1.82) is 0 Å². The van der Waals surface area contributed by atoms with Crippen LogP contribution in [0.2, 0.25) is 0 Å². The SMILES string of the molecule is Cl.Fc1ccc(Br)cc1C1CNCCO1. The van der Waals surface area contributed by atoms with E-state index in [0.29, 0.717) is 18.7 Å². The Hall–Kier alpha value is -0.160. The Labute approximate surface area is 103 Å². The molecule has 2 rings (SSSR count). The van der Waals surface area contributed by atoms with Crippen LogP contribution in [0.5, 0.6) is 0 Å². The molecule has 1 aliphatic rings. The first-order valence-corrected chi connectivity index (χ1v) is 5.34. The van der Waals surface area contributed by atoms with E-state index in [2.05, 4.69) is 21.2 Å². The van der Waals surface area contributed by atoms with Crippen molar-refractivity contribution in [2.75, 3.05) is 19.7 Å². The normalized spacial score (nSPS) is 20.8. The molecule has 0 radical (unpaired) electrons. The second-order valence-electron chi connectivity index (χ2n) is 3.23. The summed E-state index contributed by atoms with van der Waals surface area (Å²) >= 11 is 3.32. The van der Waals surface area contributed by atoms with Crippen molar-refractivity contribution in [3.05, 3.63) is 34.1 Å². The summed E-state index contributed by atoms with van der Waals surface area (Å²) in [5.74, 6) is -0.207. The second kappa shape index (κ2) is 5.80. The van der Waals surface area contributed by atoms with Crippen molar-refractivity contribution < 1.29 is 9.13 Å². The predicted octanol–water partition coefficient (Wildman–Crippen LogP) is 2.67. The van der Waals surface area contributed by atoms with Crippen LogP contribution in [-0.4, -0.2) is 19.7 Å². The maximum Gasteiger partial charge on any atom is 0.129 e. The van der Waals surface area contributed by atoms with E-state index in [4.69, 9.17) is 4.74 Å². The zero-order valence-electron chi connectivity index (χ0n) is 8.00. The Morgan fingerprint density at radius 2 is 2.27 bits per heavy atom. The lowest BCUT2D eigenvalue weighted by Gasteiger charge is -2.24. The largest absolute Gasteiger partial charge is 0.371 e. The van der Waals surface area contributed by atoms with Crippen LogP contribution in [0.1, 0.15) is 11.7 Å². The van der Waals surface area contributed by atoms with Crippen molar-refractivity contribution in [3.8, 4) is 0 Å². The first-order chi connectivity index (χ1) is 6.77. The summed E-state index contributed by atoms with van der Waals surface area (Å²) in [6, 6.07) is 4.92. The van der Waals surface area contributed by atoms with Gasteiger partial charge in [0.05, 0.1) is 12.7 Å². The minimum absolute atomic E-state index is 0. The standard InChI is InChI=1S/C10H11BrFNO.ClH/c11-7-1-2-9(12)8(5-7)10-6-13-3-4-14-10;/h1-2,5,10,13H,3-4,6H2;1H. The highest BCUT2D eigenvalue weighted by atomic mass is 79.9. The molecule has 15 heavy (non-hydrogen) atoms. The predicted molar refractivity (Wildman–Crippen MR) is 62.9 cm³/mol. The number of hydrogen-bond acceptors (Lipinski definition) is 2. The number of rotatable bonds is 1. The zero-order valence-corrected chi connectivity index (χ0v) is 10.4. The van der Waals surface area contributed by atoms with Gasteiger partial charge in [-0.25, -0.2) is 4.39 Å². The molecule has 1 aromatic carbocycles. The molecule has 84 valence electrons. The molecule has 1 N–H and O–H groups in total. The van der Waals surface area contributed by atoms with Crippen LogP contribution in [-0.2, 0) is 4.74 Å². The molecule has 5 heteroatoms. The zero-order chi connectivity index (χ0) is 9.97. The van der Waals surface area contributed by atoms with Crippen molar-refractivity contribution in [3.63, 3.8) is 0 Å². The summed E-state index contributed by atoms with van der Waals surface area (Å²) in [7, 11) is 0. The number of nitrogens with one attached hydrogen (secondary N) is 1. The lowest BCUT2D eigenvalue weighted by Crippen LogP contribution is -2.33. The quantitative estimate of drug-likeness (QED) is 0.860. The van der Waals surface area contributed by atoms with E-state index in [-0.39, 0.29) is 24.3 Å². The third-order valence-corrected chi connectivity index (χ3v) is 2.73. The average molecular weight is 297 g/mol. The lowest BCUT2D eigenvalue weighted by molar-refractivity contribution is 0.0255. The van der Waals surface area contributed by atoms with E-state index in [9.17, 15) is 4.39 Å². The summed E-state index contributed by atoms with van der Waals surface area (Å²) in [5.41, 5.74) is 0.617. The van der Waals surface area contributed by atoms with Gasteiger partial charge in [0.15, 0.2) is 0 Å². The fourth-order valence-electron chi connectivity index (χ4n) is 1.53. The van der Waals surface area contributed by atoms with Crippen LogP contribution in [0.25, 0.3) is 0 Å². The molecule has 0 aliphatic carbocycles. The molecule has 1 unspecified atom stereocenters. The Morgan fingerprint density at radius 1 is 1.47 bits per heavy atom. The van der Waals surface area contributed by atoms with Crippen LogP contribution in [0.3, 0.4) is 0 Å². The second-order valence-corrected chi connectivity index (χ2v) is 4.15. The molecule has 1 atom stereocenters. The molecule has 0 bridgehead atoms. The Bertz CT molecular complexity index is 331. The van der Waals surface area contributed by atoms with Crippen LogP contribution < -0.4 is 5.32 Å². The molecule has 0 spiro atoms. The topological polar surface area (TPSA) is 21.3 Å². The Balaban J connectivity index is 0.00000112. The highest BCUT2D eigenvalue weighted by Gasteiger charge is 2.19. The highest BCUT2D eigenvalue weighted by Crippen LogP contribution is 2.24. The summed E-state index contributed by atoms with van der Waals surface area (Å²) in [5, 5.41) is 3.17. The highest BCUT2D eigenvalue weighted by molar-refractivity contribution is 9.10. The van der Waals surface area contributed by atoms with Gasteiger partial charge in [0, 0.05) is 23.1 Å². The van der Waals surface area contributed by atoms with Gasteiger partial charge >= 0.3 is 0 Å².